The molecule has 0 aliphatic carbocycles. The predicted molar refractivity (Wildman–Crippen MR) is 61.2 cm³/mol. The minimum atomic E-state index is -0.528. The molecule has 4 nitrogen and oxygen atoms in total. The summed E-state index contributed by atoms with van der Waals surface area (Å²) in [5.41, 5.74) is -0.528. The highest BCUT2D eigenvalue weighted by Gasteiger charge is 2.52. The molecular weight excluding hydrogens is 208 g/mol. The van der Waals surface area contributed by atoms with Gasteiger partial charge in [0.2, 0.25) is 0 Å². The van der Waals surface area contributed by atoms with Crippen molar-refractivity contribution in [3.63, 3.8) is 0 Å². The molecule has 0 saturated carbocycles. The summed E-state index contributed by atoms with van der Waals surface area (Å²) in [6.07, 6.45) is 0.379. The Bertz CT molecular complexity index is 213. The SMILES string of the molecule is CC[C@@]1(CO)O[C@H](OC)C(OC(C)C)C1C. The van der Waals surface area contributed by atoms with Crippen LogP contribution in [0.2, 0.25) is 0 Å². The Morgan fingerprint density at radius 2 is 2.06 bits per heavy atom. The molecular formula is C12H24O4. The van der Waals surface area contributed by atoms with Gasteiger partial charge in [0.25, 0.3) is 0 Å². The highest BCUT2D eigenvalue weighted by Crippen LogP contribution is 2.40. The molecule has 1 heterocycles. The van der Waals surface area contributed by atoms with Gasteiger partial charge in [0.15, 0.2) is 6.29 Å². The molecule has 96 valence electrons. The largest absolute Gasteiger partial charge is 0.393 e. The molecule has 1 saturated heterocycles. The molecule has 4 heteroatoms. The van der Waals surface area contributed by atoms with Crippen LogP contribution in [0.15, 0.2) is 0 Å². The first-order valence-corrected chi connectivity index (χ1v) is 5.97. The van der Waals surface area contributed by atoms with Gasteiger partial charge >= 0.3 is 0 Å². The molecule has 0 spiro atoms. The van der Waals surface area contributed by atoms with E-state index in [1.54, 1.807) is 7.11 Å². The minimum Gasteiger partial charge on any atom is -0.393 e. The second-order valence-electron chi connectivity index (χ2n) is 4.74. The number of aliphatic hydroxyl groups is 1. The first-order valence-electron chi connectivity index (χ1n) is 5.97. The number of ether oxygens (including phenoxy) is 3. The lowest BCUT2D eigenvalue weighted by molar-refractivity contribution is -0.196. The minimum absolute atomic E-state index is 0.00246. The van der Waals surface area contributed by atoms with Crippen molar-refractivity contribution >= 4 is 0 Å². The number of rotatable bonds is 5. The van der Waals surface area contributed by atoms with Crippen LogP contribution in [0.25, 0.3) is 0 Å². The van der Waals surface area contributed by atoms with Crippen LogP contribution in [0.5, 0.6) is 0 Å². The van der Waals surface area contributed by atoms with E-state index >= 15 is 0 Å². The average molecular weight is 232 g/mol. The standard InChI is InChI=1S/C12H24O4/c1-6-12(7-13)9(4)10(15-8(2)3)11(14-5)16-12/h8-11,13H,6-7H2,1-5H3/t9?,10?,11-,12-/m0/s1. The van der Waals surface area contributed by atoms with Gasteiger partial charge in [-0.3, -0.25) is 0 Å². The molecule has 0 aromatic rings. The van der Waals surface area contributed by atoms with Gasteiger partial charge in [0, 0.05) is 13.0 Å². The second kappa shape index (κ2) is 5.45. The summed E-state index contributed by atoms with van der Waals surface area (Å²) in [6.45, 7) is 8.04. The Kier molecular flexibility index (Phi) is 4.73. The summed E-state index contributed by atoms with van der Waals surface area (Å²) in [4.78, 5) is 0. The molecule has 1 N–H and O–H groups in total. The van der Waals surface area contributed by atoms with Crippen LogP contribution >= 0.6 is 0 Å². The molecule has 0 radical (unpaired) electrons. The Hall–Kier alpha value is -0.160. The zero-order valence-corrected chi connectivity index (χ0v) is 10.9. The maximum Gasteiger partial charge on any atom is 0.184 e. The first-order chi connectivity index (χ1) is 7.50. The molecule has 0 aromatic heterocycles. The van der Waals surface area contributed by atoms with E-state index in [9.17, 15) is 5.11 Å². The van der Waals surface area contributed by atoms with Gasteiger partial charge in [-0.2, -0.15) is 0 Å². The van der Waals surface area contributed by atoms with Gasteiger partial charge in [0.1, 0.15) is 6.10 Å². The molecule has 0 bridgehead atoms. The van der Waals surface area contributed by atoms with Gasteiger partial charge in [-0.15, -0.1) is 0 Å². The monoisotopic (exact) mass is 232 g/mol. The third-order valence-corrected chi connectivity index (χ3v) is 3.47. The molecule has 1 fully saturated rings. The molecule has 2 unspecified atom stereocenters. The van der Waals surface area contributed by atoms with Crippen LogP contribution in [-0.2, 0) is 14.2 Å². The van der Waals surface area contributed by atoms with Gasteiger partial charge in [-0.25, -0.2) is 0 Å². The fraction of sp³-hybridized carbons (Fsp3) is 1.00. The Labute approximate surface area is 97.9 Å². The smallest absolute Gasteiger partial charge is 0.184 e. The zero-order valence-electron chi connectivity index (χ0n) is 10.9. The fourth-order valence-electron chi connectivity index (χ4n) is 2.32. The molecule has 0 amide bonds. The van der Waals surface area contributed by atoms with Crippen LogP contribution < -0.4 is 0 Å². The van der Waals surface area contributed by atoms with Crippen molar-refractivity contribution in [1.29, 1.82) is 0 Å². The third kappa shape index (κ3) is 2.40. The van der Waals surface area contributed by atoms with Crippen molar-refractivity contribution < 1.29 is 19.3 Å². The predicted octanol–water partition coefficient (Wildman–Crippen LogP) is 1.56. The van der Waals surface area contributed by atoms with Crippen molar-refractivity contribution in [2.24, 2.45) is 5.92 Å². The van der Waals surface area contributed by atoms with E-state index in [2.05, 4.69) is 0 Å². The first kappa shape index (κ1) is 13.9. The lowest BCUT2D eigenvalue weighted by Crippen LogP contribution is -2.40. The average Bonchev–Trinajstić information content (AvgIpc) is 2.53. The van der Waals surface area contributed by atoms with E-state index in [0.29, 0.717) is 0 Å². The maximum atomic E-state index is 9.52. The Morgan fingerprint density at radius 3 is 2.44 bits per heavy atom. The molecule has 1 rings (SSSR count). The summed E-state index contributed by atoms with van der Waals surface area (Å²) >= 11 is 0. The number of methoxy groups -OCH3 is 1. The van der Waals surface area contributed by atoms with Crippen molar-refractivity contribution in [2.75, 3.05) is 13.7 Å². The van der Waals surface area contributed by atoms with Gasteiger partial charge < -0.3 is 19.3 Å². The van der Waals surface area contributed by atoms with Gasteiger partial charge in [-0.05, 0) is 20.3 Å². The molecule has 4 atom stereocenters. The quantitative estimate of drug-likeness (QED) is 0.781. The maximum absolute atomic E-state index is 9.52. The van der Waals surface area contributed by atoms with E-state index < -0.39 is 5.60 Å². The summed E-state index contributed by atoms with van der Waals surface area (Å²) in [5, 5.41) is 9.52. The van der Waals surface area contributed by atoms with Crippen molar-refractivity contribution in [2.45, 2.75) is 58.2 Å². The summed E-state index contributed by atoms with van der Waals surface area (Å²) in [7, 11) is 1.61. The molecule has 1 aliphatic heterocycles. The van der Waals surface area contributed by atoms with E-state index in [1.165, 1.54) is 0 Å². The zero-order chi connectivity index (χ0) is 12.3. The van der Waals surface area contributed by atoms with E-state index in [-0.39, 0.29) is 31.0 Å². The van der Waals surface area contributed by atoms with Crippen LogP contribution in [0, 0.1) is 5.92 Å². The normalized spacial score (nSPS) is 39.6. The lowest BCUT2D eigenvalue weighted by Gasteiger charge is -2.30. The number of hydrogen-bond acceptors (Lipinski definition) is 4. The third-order valence-electron chi connectivity index (χ3n) is 3.47. The van der Waals surface area contributed by atoms with Crippen LogP contribution in [0.4, 0.5) is 0 Å². The summed E-state index contributed by atoms with van der Waals surface area (Å²) in [5.74, 6) is 0.120. The molecule has 16 heavy (non-hydrogen) atoms. The highest BCUT2D eigenvalue weighted by atomic mass is 16.7. The van der Waals surface area contributed by atoms with Crippen molar-refractivity contribution in [3.05, 3.63) is 0 Å². The fourth-order valence-corrected chi connectivity index (χ4v) is 2.32. The topological polar surface area (TPSA) is 47.9 Å². The van der Waals surface area contributed by atoms with E-state index in [0.717, 1.165) is 6.42 Å². The Balaban J connectivity index is 2.83. The highest BCUT2D eigenvalue weighted by molar-refractivity contribution is 4.97. The van der Waals surface area contributed by atoms with E-state index in [1.807, 2.05) is 27.7 Å². The van der Waals surface area contributed by atoms with Crippen LogP contribution in [0.3, 0.4) is 0 Å². The molecule has 0 aromatic carbocycles. The van der Waals surface area contributed by atoms with Crippen LogP contribution in [0.1, 0.15) is 34.1 Å². The lowest BCUT2D eigenvalue weighted by atomic mass is 9.85. The van der Waals surface area contributed by atoms with Crippen molar-refractivity contribution in [3.8, 4) is 0 Å². The van der Waals surface area contributed by atoms with Crippen molar-refractivity contribution in [1.82, 2.24) is 0 Å². The van der Waals surface area contributed by atoms with Gasteiger partial charge in [-0.1, -0.05) is 13.8 Å². The van der Waals surface area contributed by atoms with Gasteiger partial charge in [0.05, 0.1) is 18.3 Å². The van der Waals surface area contributed by atoms with Crippen LogP contribution in [-0.4, -0.2) is 42.9 Å². The second-order valence-corrected chi connectivity index (χ2v) is 4.74. The summed E-state index contributed by atoms with van der Waals surface area (Å²) in [6, 6.07) is 0. The van der Waals surface area contributed by atoms with E-state index in [4.69, 9.17) is 14.2 Å². The Morgan fingerprint density at radius 1 is 1.44 bits per heavy atom. The number of aliphatic hydroxyl groups excluding tert-OH is 1. The number of hydrogen-bond donors (Lipinski definition) is 1. The molecule has 1 aliphatic rings. The summed E-state index contributed by atoms with van der Waals surface area (Å²) < 4.78 is 16.9.